The van der Waals surface area contributed by atoms with Crippen molar-refractivity contribution in [1.82, 2.24) is 29.6 Å². The van der Waals surface area contributed by atoms with E-state index in [9.17, 15) is 17.2 Å². The number of hydrogen-bond acceptors (Lipinski definition) is 7. The smallest absolute Gasteiger partial charge is 0.201 e. The molecule has 0 aliphatic carbocycles. The number of aromatic amines is 1. The van der Waals surface area contributed by atoms with Crippen LogP contribution in [0.1, 0.15) is 18.2 Å². The first-order valence-corrected chi connectivity index (χ1v) is 10.5. The van der Waals surface area contributed by atoms with Crippen LogP contribution in [-0.4, -0.2) is 39.9 Å². The van der Waals surface area contributed by atoms with E-state index in [1.807, 2.05) is 4.72 Å². The van der Waals surface area contributed by atoms with Crippen molar-refractivity contribution >= 4 is 33.6 Å². The summed E-state index contributed by atoms with van der Waals surface area (Å²) in [6, 6.07) is 5.16. The Kier molecular flexibility index (Phi) is 6.28. The molecule has 0 bridgehead atoms. The Morgan fingerprint density at radius 1 is 1.09 bits per heavy atom. The van der Waals surface area contributed by atoms with Crippen LogP contribution in [0.3, 0.4) is 0 Å². The zero-order chi connectivity index (χ0) is 22.7. The number of alkyl halides is 1. The number of nitrogens with one attached hydrogen (secondary N) is 3. The number of H-pyrrole nitrogens is 1. The molecule has 3 N–H and O–H groups in total. The molecule has 0 saturated carbocycles. The molecule has 0 amide bonds. The number of nitrogens with zero attached hydrogens (tertiary/aromatic N) is 4. The number of imidazole rings is 1. The highest BCUT2D eigenvalue weighted by atomic mass is 32.2. The van der Waals surface area contributed by atoms with Crippen LogP contribution in [0.2, 0.25) is 0 Å². The maximum absolute atomic E-state index is 15.0. The van der Waals surface area contributed by atoms with Crippen LogP contribution < -0.4 is 10.0 Å². The van der Waals surface area contributed by atoms with E-state index in [4.69, 9.17) is 0 Å². The van der Waals surface area contributed by atoms with Crippen LogP contribution >= 0.6 is 0 Å². The summed E-state index contributed by atoms with van der Waals surface area (Å²) >= 11 is 0. The Bertz CT molecular complexity index is 1340. The summed E-state index contributed by atoms with van der Waals surface area (Å²) < 4.78 is 67.2. The minimum atomic E-state index is -2.90. The molecular weight excluding hydrogens is 447 g/mol. The predicted octanol–water partition coefficient (Wildman–Crippen LogP) is 2.95. The molecule has 166 valence electrons. The second-order valence-corrected chi connectivity index (χ2v) is 7.42. The van der Waals surface area contributed by atoms with E-state index in [2.05, 4.69) is 30.2 Å². The van der Waals surface area contributed by atoms with Gasteiger partial charge in [0.05, 0.1) is 6.33 Å². The van der Waals surface area contributed by atoms with Gasteiger partial charge in [0.25, 0.3) is 0 Å². The Morgan fingerprint density at radius 2 is 1.94 bits per heavy atom. The number of rotatable bonds is 8. The van der Waals surface area contributed by atoms with Gasteiger partial charge in [-0.05, 0) is 24.6 Å². The highest BCUT2D eigenvalue weighted by Gasteiger charge is 2.22. The average Bonchev–Trinajstić information content (AvgIpc) is 3.26. The lowest BCUT2D eigenvalue weighted by Gasteiger charge is -2.15. The van der Waals surface area contributed by atoms with Gasteiger partial charge < -0.3 is 10.3 Å². The number of anilines is 2. The first-order chi connectivity index (χ1) is 15.5. The molecule has 32 heavy (non-hydrogen) atoms. The molecule has 0 aliphatic heterocycles. The van der Waals surface area contributed by atoms with Gasteiger partial charge in [-0.3, -0.25) is 0 Å². The van der Waals surface area contributed by atoms with E-state index in [-0.39, 0.29) is 18.8 Å². The van der Waals surface area contributed by atoms with Gasteiger partial charge >= 0.3 is 0 Å². The zero-order valence-electron chi connectivity index (χ0n) is 16.2. The van der Waals surface area contributed by atoms with Crippen molar-refractivity contribution in [3.05, 3.63) is 60.3 Å². The maximum atomic E-state index is 15.0. The highest BCUT2D eigenvalue weighted by molar-refractivity contribution is 7.70. The van der Waals surface area contributed by atoms with Crippen molar-refractivity contribution in [2.45, 2.75) is 12.6 Å². The molecule has 9 nitrogen and oxygen atoms in total. The van der Waals surface area contributed by atoms with Crippen LogP contribution in [0.5, 0.6) is 0 Å². The monoisotopic (exact) mass is 463 g/mol. The predicted molar refractivity (Wildman–Crippen MR) is 111 cm³/mol. The summed E-state index contributed by atoms with van der Waals surface area (Å²) in [6.45, 7) is -0.225. The largest absolute Gasteiger partial charge is 0.335 e. The molecule has 3 heterocycles. The normalized spacial score (nSPS) is 12.4. The Labute approximate surface area is 181 Å². The van der Waals surface area contributed by atoms with Crippen molar-refractivity contribution in [1.29, 1.82) is 0 Å². The SMILES string of the molecule is O=[SH](=O)NCCC(F)c1ccc(F)c(Nc2ncccc2-c2ncnc3[nH]cnc23)c1F. The number of hydrogen-bond donors (Lipinski definition) is 4. The molecule has 0 fully saturated rings. The fourth-order valence-electron chi connectivity index (χ4n) is 3.14. The van der Waals surface area contributed by atoms with E-state index < -0.39 is 39.9 Å². The molecule has 0 radical (unpaired) electrons. The number of aromatic nitrogens is 5. The summed E-state index contributed by atoms with van der Waals surface area (Å²) in [5.41, 5.74) is 0.678. The molecular formula is C19H16F3N7O2S. The lowest BCUT2D eigenvalue weighted by atomic mass is 10.1. The van der Waals surface area contributed by atoms with Crippen molar-refractivity contribution in [2.24, 2.45) is 0 Å². The first-order valence-electron chi connectivity index (χ1n) is 9.32. The fourth-order valence-corrected chi connectivity index (χ4v) is 3.45. The summed E-state index contributed by atoms with van der Waals surface area (Å²) in [4.78, 5) is 19.5. The molecule has 4 rings (SSSR count). The summed E-state index contributed by atoms with van der Waals surface area (Å²) in [7, 11) is -2.90. The van der Waals surface area contributed by atoms with Gasteiger partial charge in [0.15, 0.2) is 11.5 Å². The number of fused-ring (bicyclic) bond motifs is 1. The third-order valence-corrected chi connectivity index (χ3v) is 5.10. The number of halogens is 3. The quantitative estimate of drug-likeness (QED) is 0.296. The van der Waals surface area contributed by atoms with Crippen LogP contribution in [0.4, 0.5) is 24.7 Å². The summed E-state index contributed by atoms with van der Waals surface area (Å²) in [6.07, 6.45) is 1.99. The van der Waals surface area contributed by atoms with Crippen molar-refractivity contribution < 1.29 is 21.6 Å². The number of thiol groups is 1. The minimum Gasteiger partial charge on any atom is -0.335 e. The Balaban J connectivity index is 1.69. The van der Waals surface area contributed by atoms with Crippen LogP contribution in [0, 0.1) is 11.6 Å². The highest BCUT2D eigenvalue weighted by Crippen LogP contribution is 2.35. The van der Waals surface area contributed by atoms with Crippen molar-refractivity contribution in [3.63, 3.8) is 0 Å². The van der Waals surface area contributed by atoms with Crippen molar-refractivity contribution in [3.8, 4) is 11.3 Å². The lowest BCUT2D eigenvalue weighted by molar-refractivity contribution is 0.314. The van der Waals surface area contributed by atoms with E-state index in [1.54, 1.807) is 12.1 Å². The second kappa shape index (κ2) is 9.28. The van der Waals surface area contributed by atoms with Crippen LogP contribution in [0.15, 0.2) is 43.1 Å². The Hall–Kier alpha value is -3.58. The van der Waals surface area contributed by atoms with Gasteiger partial charge in [-0.1, -0.05) is 6.07 Å². The van der Waals surface area contributed by atoms with Crippen molar-refractivity contribution in [2.75, 3.05) is 11.9 Å². The van der Waals surface area contributed by atoms with E-state index in [0.29, 0.717) is 22.4 Å². The van der Waals surface area contributed by atoms with Gasteiger partial charge in [0.1, 0.15) is 41.0 Å². The third-order valence-electron chi connectivity index (χ3n) is 4.62. The van der Waals surface area contributed by atoms with Gasteiger partial charge in [-0.2, -0.15) is 0 Å². The second-order valence-electron chi connectivity index (χ2n) is 6.59. The molecule has 4 aromatic rings. The molecule has 13 heteroatoms. The maximum Gasteiger partial charge on any atom is 0.201 e. The van der Waals surface area contributed by atoms with Gasteiger partial charge in [0.2, 0.25) is 10.9 Å². The number of pyridine rings is 1. The molecule has 1 atom stereocenters. The molecule has 0 saturated heterocycles. The van der Waals surface area contributed by atoms with Crippen LogP contribution in [-0.2, 0) is 10.9 Å². The third kappa shape index (κ3) is 4.38. The van der Waals surface area contributed by atoms with E-state index in [0.717, 1.165) is 12.1 Å². The molecule has 1 aromatic carbocycles. The minimum absolute atomic E-state index is 0.0749. The zero-order valence-corrected chi connectivity index (χ0v) is 17.1. The molecule has 1 unspecified atom stereocenters. The van der Waals surface area contributed by atoms with Gasteiger partial charge in [-0.15, -0.1) is 0 Å². The van der Waals surface area contributed by atoms with Crippen LogP contribution in [0.25, 0.3) is 22.4 Å². The first kappa shape index (κ1) is 21.6. The number of benzene rings is 1. The molecule has 3 aromatic heterocycles. The average molecular weight is 463 g/mol. The Morgan fingerprint density at radius 3 is 2.75 bits per heavy atom. The standard InChI is InChI=1S/C19H16F3N7O2S/c20-12(5-7-28-32(30)31)10-3-4-13(21)16(14(10)22)29-18-11(2-1-6-23-18)15-17-19(26-8-24-15)27-9-25-17/h1-4,6,8-9,12,32H,5,7H2,(H,23,29)(H,28,30,31)(H,24,25,26,27). The summed E-state index contributed by atoms with van der Waals surface area (Å²) in [5, 5.41) is 2.60. The van der Waals surface area contributed by atoms with E-state index in [1.165, 1.54) is 18.9 Å². The summed E-state index contributed by atoms with van der Waals surface area (Å²) in [5.74, 6) is -2.03. The van der Waals surface area contributed by atoms with Gasteiger partial charge in [0, 0.05) is 23.9 Å². The topological polar surface area (TPSA) is 126 Å². The molecule has 0 aliphatic rings. The van der Waals surface area contributed by atoms with E-state index >= 15 is 4.39 Å². The lowest BCUT2D eigenvalue weighted by Crippen LogP contribution is -2.15. The molecule has 0 spiro atoms. The fraction of sp³-hybridized carbons (Fsp3) is 0.158. The van der Waals surface area contributed by atoms with Gasteiger partial charge in [-0.25, -0.2) is 46.2 Å².